The van der Waals surface area contributed by atoms with Crippen LogP contribution in [-0.4, -0.2) is 20.2 Å². The molecule has 0 spiro atoms. The normalized spacial score (nSPS) is 16.8. The first-order chi connectivity index (χ1) is 10.7. The molecule has 3 aromatic rings. The van der Waals surface area contributed by atoms with Gasteiger partial charge in [-0.1, -0.05) is 27.1 Å². The van der Waals surface area contributed by atoms with Crippen molar-refractivity contribution in [3.63, 3.8) is 0 Å². The van der Waals surface area contributed by atoms with Gasteiger partial charge in [0.2, 0.25) is 5.95 Å². The molecule has 0 aliphatic carbocycles. The Morgan fingerprint density at radius 3 is 3.05 bits per heavy atom. The summed E-state index contributed by atoms with van der Waals surface area (Å²) in [7, 11) is 0. The van der Waals surface area contributed by atoms with Crippen molar-refractivity contribution in [1.29, 1.82) is 0 Å². The molecule has 0 fully saturated rings. The van der Waals surface area contributed by atoms with Crippen LogP contribution in [0.25, 0.3) is 5.70 Å². The Kier molecular flexibility index (Phi) is 3.27. The average molecular weight is 378 g/mol. The van der Waals surface area contributed by atoms with Crippen LogP contribution < -0.4 is 5.32 Å². The Morgan fingerprint density at radius 1 is 1.32 bits per heavy atom. The highest BCUT2D eigenvalue weighted by Gasteiger charge is 2.26. The summed E-state index contributed by atoms with van der Waals surface area (Å²) in [6, 6.07) is 8.42. The van der Waals surface area contributed by atoms with E-state index in [1.165, 1.54) is 6.07 Å². The molecule has 0 bridgehead atoms. The van der Waals surface area contributed by atoms with E-state index < -0.39 is 6.04 Å². The van der Waals surface area contributed by atoms with Gasteiger partial charge in [0.15, 0.2) is 0 Å². The number of allylic oxidation sites excluding steroid dienone is 1. The van der Waals surface area contributed by atoms with Gasteiger partial charge in [-0.3, -0.25) is 0 Å². The van der Waals surface area contributed by atoms with Crippen LogP contribution in [0.15, 0.2) is 46.3 Å². The van der Waals surface area contributed by atoms with Gasteiger partial charge in [-0.15, -0.1) is 11.3 Å². The molecule has 0 saturated heterocycles. The Hall–Kier alpha value is -2.06. The third-order valence-corrected chi connectivity index (χ3v) is 4.79. The Balaban J connectivity index is 1.88. The van der Waals surface area contributed by atoms with Gasteiger partial charge in [0.05, 0.1) is 10.6 Å². The molecular formula is C14H9BrFN5S. The number of nitrogens with one attached hydrogen (secondary N) is 1. The number of hydrogen-bond donors (Lipinski definition) is 1. The Labute approximate surface area is 137 Å². The van der Waals surface area contributed by atoms with E-state index in [-0.39, 0.29) is 5.82 Å². The minimum atomic E-state index is -0.402. The van der Waals surface area contributed by atoms with Crippen molar-refractivity contribution in [2.45, 2.75) is 6.04 Å². The molecule has 1 aliphatic heterocycles. The lowest BCUT2D eigenvalue weighted by Gasteiger charge is -2.23. The van der Waals surface area contributed by atoms with Gasteiger partial charge in [-0.05, 0) is 46.1 Å². The molecule has 0 amide bonds. The summed E-state index contributed by atoms with van der Waals surface area (Å²) < 4.78 is 16.7. The predicted molar refractivity (Wildman–Crippen MR) is 86.0 cm³/mol. The van der Waals surface area contributed by atoms with Crippen molar-refractivity contribution in [3.05, 3.63) is 62.5 Å². The molecule has 0 saturated carbocycles. The number of nitrogens with zero attached hydrogens (tertiary/aromatic N) is 4. The number of anilines is 1. The molecule has 4 rings (SSSR count). The van der Waals surface area contributed by atoms with Crippen LogP contribution in [0.4, 0.5) is 10.3 Å². The highest BCUT2D eigenvalue weighted by atomic mass is 79.9. The zero-order valence-corrected chi connectivity index (χ0v) is 13.5. The first-order valence-electron chi connectivity index (χ1n) is 6.48. The maximum absolute atomic E-state index is 14.3. The molecule has 3 heterocycles. The number of thiophene rings is 1. The summed E-state index contributed by atoms with van der Waals surface area (Å²) in [6.45, 7) is 0. The van der Waals surface area contributed by atoms with E-state index in [0.717, 1.165) is 15.0 Å². The predicted octanol–water partition coefficient (Wildman–Crippen LogP) is 3.69. The first kappa shape index (κ1) is 13.6. The lowest BCUT2D eigenvalue weighted by Crippen LogP contribution is -2.20. The van der Waals surface area contributed by atoms with E-state index in [1.54, 1.807) is 28.2 Å². The summed E-state index contributed by atoms with van der Waals surface area (Å²) in [5.74, 6) is 0.202. The van der Waals surface area contributed by atoms with Crippen LogP contribution in [-0.2, 0) is 0 Å². The van der Waals surface area contributed by atoms with Gasteiger partial charge >= 0.3 is 0 Å². The maximum atomic E-state index is 14.3. The molecule has 0 radical (unpaired) electrons. The molecule has 1 aromatic carbocycles. The zero-order chi connectivity index (χ0) is 15.1. The van der Waals surface area contributed by atoms with E-state index in [4.69, 9.17) is 0 Å². The second-order valence-electron chi connectivity index (χ2n) is 4.74. The highest BCUT2D eigenvalue weighted by Crippen LogP contribution is 2.34. The van der Waals surface area contributed by atoms with Crippen molar-refractivity contribution in [2.75, 3.05) is 5.32 Å². The number of benzene rings is 1. The van der Waals surface area contributed by atoms with Gasteiger partial charge in [0.25, 0.3) is 0 Å². The largest absolute Gasteiger partial charge is 0.322 e. The van der Waals surface area contributed by atoms with Crippen molar-refractivity contribution in [1.82, 2.24) is 20.2 Å². The number of aromatic nitrogens is 4. The van der Waals surface area contributed by atoms with Gasteiger partial charge < -0.3 is 5.32 Å². The van der Waals surface area contributed by atoms with Crippen molar-refractivity contribution >= 4 is 38.9 Å². The SMILES string of the molecule is Fc1ccc(Br)cc1C1C=C(c2cccs2)Nc2nnnn21. The van der Waals surface area contributed by atoms with Crippen LogP contribution in [0, 0.1) is 5.82 Å². The molecule has 1 atom stereocenters. The fourth-order valence-electron chi connectivity index (χ4n) is 2.39. The number of halogens is 2. The molecule has 22 heavy (non-hydrogen) atoms. The molecule has 1 unspecified atom stereocenters. The van der Waals surface area contributed by atoms with Crippen molar-refractivity contribution in [3.8, 4) is 0 Å². The topological polar surface area (TPSA) is 55.6 Å². The van der Waals surface area contributed by atoms with Crippen LogP contribution in [0.2, 0.25) is 0 Å². The van der Waals surface area contributed by atoms with E-state index in [2.05, 4.69) is 36.8 Å². The molecule has 110 valence electrons. The third kappa shape index (κ3) is 2.24. The molecule has 1 aliphatic rings. The van der Waals surface area contributed by atoms with E-state index in [9.17, 15) is 4.39 Å². The number of rotatable bonds is 2. The third-order valence-electron chi connectivity index (χ3n) is 3.39. The monoisotopic (exact) mass is 377 g/mol. The minimum Gasteiger partial charge on any atom is -0.322 e. The standard InChI is InChI=1S/C14H9BrFN5S/c15-8-3-4-10(16)9(6-8)12-7-11(13-2-1-5-22-13)17-14-18-19-20-21(12)14/h1-7,12H,(H,17,18,20). The van der Waals surface area contributed by atoms with E-state index >= 15 is 0 Å². The molecule has 5 nitrogen and oxygen atoms in total. The van der Waals surface area contributed by atoms with Crippen molar-refractivity contribution in [2.24, 2.45) is 0 Å². The molecule has 1 N–H and O–H groups in total. The summed E-state index contributed by atoms with van der Waals surface area (Å²) in [4.78, 5) is 1.05. The van der Waals surface area contributed by atoms with E-state index in [1.807, 2.05) is 23.6 Å². The first-order valence-corrected chi connectivity index (χ1v) is 8.15. The molecular weight excluding hydrogens is 369 g/mol. The van der Waals surface area contributed by atoms with Gasteiger partial charge in [0, 0.05) is 10.0 Å². The quantitative estimate of drug-likeness (QED) is 0.739. The van der Waals surface area contributed by atoms with Crippen LogP contribution >= 0.6 is 27.3 Å². The van der Waals surface area contributed by atoms with E-state index in [0.29, 0.717) is 11.5 Å². The lowest BCUT2D eigenvalue weighted by atomic mass is 10.0. The van der Waals surface area contributed by atoms with Gasteiger partial charge in [-0.25, -0.2) is 4.39 Å². The summed E-state index contributed by atoms with van der Waals surface area (Å²) in [5.41, 5.74) is 1.39. The van der Waals surface area contributed by atoms with Crippen LogP contribution in [0.5, 0.6) is 0 Å². The Morgan fingerprint density at radius 2 is 2.23 bits per heavy atom. The van der Waals surface area contributed by atoms with Gasteiger partial charge in [-0.2, -0.15) is 4.68 Å². The summed E-state index contributed by atoms with van der Waals surface area (Å²) in [6.07, 6.45) is 1.93. The highest BCUT2D eigenvalue weighted by molar-refractivity contribution is 9.10. The molecule has 2 aromatic heterocycles. The minimum absolute atomic E-state index is 0.293. The second kappa shape index (κ2) is 5.29. The molecule has 8 heteroatoms. The van der Waals surface area contributed by atoms with Crippen LogP contribution in [0.3, 0.4) is 0 Å². The Bertz CT molecular complexity index is 858. The maximum Gasteiger partial charge on any atom is 0.248 e. The smallest absolute Gasteiger partial charge is 0.248 e. The summed E-state index contributed by atoms with van der Waals surface area (Å²) in [5, 5.41) is 16.8. The zero-order valence-electron chi connectivity index (χ0n) is 11.1. The number of fused-ring (bicyclic) bond motifs is 1. The fourth-order valence-corrected chi connectivity index (χ4v) is 3.48. The number of tetrazole rings is 1. The second-order valence-corrected chi connectivity index (χ2v) is 6.60. The number of hydrogen-bond acceptors (Lipinski definition) is 5. The summed E-state index contributed by atoms with van der Waals surface area (Å²) >= 11 is 4.99. The average Bonchev–Trinajstić information content (AvgIpc) is 3.19. The lowest BCUT2D eigenvalue weighted by molar-refractivity contribution is 0.539. The van der Waals surface area contributed by atoms with Gasteiger partial charge in [0.1, 0.15) is 11.9 Å². The van der Waals surface area contributed by atoms with Crippen molar-refractivity contribution < 1.29 is 4.39 Å². The van der Waals surface area contributed by atoms with Crippen LogP contribution in [0.1, 0.15) is 16.5 Å². The fraction of sp³-hybridized carbons (Fsp3) is 0.0714.